The maximum absolute atomic E-state index is 11.5. The molecular weight excluding hydrogens is 424 g/mol. The van der Waals surface area contributed by atoms with Crippen LogP contribution in [0.3, 0.4) is 0 Å². The number of hydrogen-bond acceptors (Lipinski definition) is 7. The summed E-state index contributed by atoms with van der Waals surface area (Å²) < 4.78 is 15.6. The van der Waals surface area contributed by atoms with Gasteiger partial charge in [-0.2, -0.15) is 0 Å². The Morgan fingerprint density at radius 2 is 1.40 bits per heavy atom. The monoisotopic (exact) mass is 452 g/mol. The Balaban J connectivity index is 0.000000172. The molecule has 2 aromatic rings. The van der Waals surface area contributed by atoms with Crippen molar-refractivity contribution in [1.29, 1.82) is 0 Å². The highest BCUT2D eigenvalue weighted by molar-refractivity contribution is 7.10. The van der Waals surface area contributed by atoms with Crippen molar-refractivity contribution in [3.8, 4) is 0 Å². The average molecular weight is 453 g/mol. The van der Waals surface area contributed by atoms with Gasteiger partial charge in [-0.25, -0.2) is 9.59 Å². The number of thiophene rings is 2. The van der Waals surface area contributed by atoms with Crippen LogP contribution in [-0.2, 0) is 14.2 Å². The molecule has 8 heteroatoms. The third-order valence-corrected chi connectivity index (χ3v) is 7.44. The quantitative estimate of drug-likeness (QED) is 0.631. The van der Waals surface area contributed by atoms with Crippen LogP contribution >= 0.6 is 22.7 Å². The second-order valence-corrected chi connectivity index (χ2v) is 9.16. The molecule has 2 aliphatic rings. The summed E-state index contributed by atoms with van der Waals surface area (Å²) in [6.07, 6.45) is 4.14. The van der Waals surface area contributed by atoms with E-state index in [1.165, 1.54) is 9.75 Å². The lowest BCUT2D eigenvalue weighted by molar-refractivity contribution is 0.0526. The fourth-order valence-electron chi connectivity index (χ4n) is 3.53. The molecule has 0 aromatic carbocycles. The van der Waals surface area contributed by atoms with Gasteiger partial charge in [0.15, 0.2) is 0 Å². The SMILES string of the molecule is CCOC(=O)c1csc(C2CCOCC2)c1.O=C(O)c1csc(C2CCOCC2)c1. The molecule has 2 fully saturated rings. The van der Waals surface area contributed by atoms with E-state index in [1.54, 1.807) is 34.1 Å². The number of rotatable bonds is 5. The van der Waals surface area contributed by atoms with E-state index in [0.29, 0.717) is 29.6 Å². The molecule has 4 heterocycles. The van der Waals surface area contributed by atoms with Gasteiger partial charge in [0.25, 0.3) is 0 Å². The number of carboxylic acids is 1. The summed E-state index contributed by atoms with van der Waals surface area (Å²) >= 11 is 3.20. The van der Waals surface area contributed by atoms with E-state index in [2.05, 4.69) is 0 Å². The van der Waals surface area contributed by atoms with Gasteiger partial charge in [0.1, 0.15) is 0 Å². The van der Waals surface area contributed by atoms with Crippen LogP contribution in [0.5, 0.6) is 0 Å². The third kappa shape index (κ3) is 6.38. The van der Waals surface area contributed by atoms with Crippen molar-refractivity contribution in [3.05, 3.63) is 43.8 Å². The molecule has 0 atom stereocenters. The summed E-state index contributed by atoms with van der Waals surface area (Å²) in [4.78, 5) is 24.6. The van der Waals surface area contributed by atoms with E-state index in [0.717, 1.165) is 52.1 Å². The predicted molar refractivity (Wildman–Crippen MR) is 117 cm³/mol. The van der Waals surface area contributed by atoms with Crippen LogP contribution < -0.4 is 0 Å². The van der Waals surface area contributed by atoms with E-state index in [1.807, 2.05) is 18.4 Å². The first-order chi connectivity index (χ1) is 14.6. The standard InChI is InChI=1S/C12H16O3S.C10H12O3S/c1-2-15-12(13)10-7-11(16-8-10)9-3-5-14-6-4-9;11-10(12)8-5-9(14-6-8)7-1-3-13-4-2-7/h7-9H,2-6H2,1H3;5-7H,1-4H2,(H,11,12). The van der Waals surface area contributed by atoms with Gasteiger partial charge in [0, 0.05) is 46.9 Å². The van der Waals surface area contributed by atoms with Gasteiger partial charge in [-0.3, -0.25) is 0 Å². The summed E-state index contributed by atoms with van der Waals surface area (Å²) in [7, 11) is 0. The Bertz CT molecular complexity index is 815. The van der Waals surface area contributed by atoms with Crippen molar-refractivity contribution in [2.24, 2.45) is 0 Å². The fraction of sp³-hybridized carbons (Fsp3) is 0.545. The van der Waals surface area contributed by atoms with Crippen LogP contribution in [0, 0.1) is 0 Å². The highest BCUT2D eigenvalue weighted by atomic mass is 32.1. The lowest BCUT2D eigenvalue weighted by Crippen LogP contribution is -2.13. The van der Waals surface area contributed by atoms with Crippen molar-refractivity contribution in [2.45, 2.75) is 44.4 Å². The van der Waals surface area contributed by atoms with E-state index < -0.39 is 5.97 Å². The molecule has 0 spiro atoms. The minimum atomic E-state index is -0.834. The van der Waals surface area contributed by atoms with Crippen molar-refractivity contribution in [2.75, 3.05) is 33.0 Å². The van der Waals surface area contributed by atoms with Crippen molar-refractivity contribution in [3.63, 3.8) is 0 Å². The van der Waals surface area contributed by atoms with Crippen LogP contribution in [-0.4, -0.2) is 50.1 Å². The van der Waals surface area contributed by atoms with E-state index in [9.17, 15) is 9.59 Å². The van der Waals surface area contributed by atoms with Gasteiger partial charge in [0.2, 0.25) is 0 Å². The van der Waals surface area contributed by atoms with Crippen LogP contribution in [0.1, 0.15) is 74.9 Å². The molecule has 0 saturated carbocycles. The maximum atomic E-state index is 11.5. The van der Waals surface area contributed by atoms with E-state index in [-0.39, 0.29) is 5.97 Å². The zero-order valence-electron chi connectivity index (χ0n) is 17.1. The van der Waals surface area contributed by atoms with Gasteiger partial charge in [-0.05, 0) is 56.6 Å². The fourth-order valence-corrected chi connectivity index (χ4v) is 5.64. The second-order valence-electron chi connectivity index (χ2n) is 7.27. The van der Waals surface area contributed by atoms with Crippen LogP contribution in [0.25, 0.3) is 0 Å². The summed E-state index contributed by atoms with van der Waals surface area (Å²) in [5.41, 5.74) is 1.10. The topological polar surface area (TPSA) is 82.1 Å². The summed E-state index contributed by atoms with van der Waals surface area (Å²) in [6, 6.07) is 3.77. The number of carbonyl (C=O) groups is 2. The maximum Gasteiger partial charge on any atom is 0.338 e. The van der Waals surface area contributed by atoms with E-state index >= 15 is 0 Å². The largest absolute Gasteiger partial charge is 0.478 e. The van der Waals surface area contributed by atoms with Crippen LogP contribution in [0.2, 0.25) is 0 Å². The van der Waals surface area contributed by atoms with Crippen LogP contribution in [0.4, 0.5) is 0 Å². The lowest BCUT2D eigenvalue weighted by atomic mass is 9.98. The molecule has 0 amide bonds. The molecule has 0 radical (unpaired) electrons. The zero-order chi connectivity index (χ0) is 21.3. The van der Waals surface area contributed by atoms with Gasteiger partial charge in [0.05, 0.1) is 17.7 Å². The number of aromatic carboxylic acids is 1. The Morgan fingerprint density at radius 1 is 0.933 bits per heavy atom. The minimum Gasteiger partial charge on any atom is -0.478 e. The molecule has 6 nitrogen and oxygen atoms in total. The van der Waals surface area contributed by atoms with Crippen molar-refractivity contribution in [1.82, 2.24) is 0 Å². The lowest BCUT2D eigenvalue weighted by Gasteiger charge is -2.20. The summed E-state index contributed by atoms with van der Waals surface area (Å²) in [5.74, 6) is 0.0143. The number of esters is 1. The zero-order valence-corrected chi connectivity index (χ0v) is 18.8. The Morgan fingerprint density at radius 3 is 1.83 bits per heavy atom. The summed E-state index contributed by atoms with van der Waals surface area (Å²) in [6.45, 7) is 5.51. The molecule has 164 valence electrons. The highest BCUT2D eigenvalue weighted by Crippen LogP contribution is 2.32. The smallest absolute Gasteiger partial charge is 0.338 e. The molecule has 1 N–H and O–H groups in total. The Hall–Kier alpha value is -1.74. The normalized spacial score (nSPS) is 17.8. The molecule has 2 aromatic heterocycles. The molecule has 30 heavy (non-hydrogen) atoms. The predicted octanol–water partition coefficient (Wildman–Crippen LogP) is 5.16. The van der Waals surface area contributed by atoms with Gasteiger partial charge < -0.3 is 19.3 Å². The molecule has 2 aliphatic heterocycles. The number of carbonyl (C=O) groups excluding carboxylic acids is 1. The summed E-state index contributed by atoms with van der Waals surface area (Å²) in [5, 5.41) is 12.4. The molecule has 0 bridgehead atoms. The van der Waals surface area contributed by atoms with Gasteiger partial charge in [-0.1, -0.05) is 0 Å². The highest BCUT2D eigenvalue weighted by Gasteiger charge is 2.20. The molecular formula is C22H28O6S2. The van der Waals surface area contributed by atoms with Crippen LogP contribution in [0.15, 0.2) is 22.9 Å². The molecule has 2 saturated heterocycles. The van der Waals surface area contributed by atoms with E-state index in [4.69, 9.17) is 19.3 Å². The Labute approximate surface area is 184 Å². The second kappa shape index (κ2) is 11.6. The third-order valence-electron chi connectivity index (χ3n) is 5.24. The number of carboxylic acid groups (broad SMARTS) is 1. The van der Waals surface area contributed by atoms with Gasteiger partial charge in [-0.15, -0.1) is 22.7 Å². The van der Waals surface area contributed by atoms with Crippen molar-refractivity contribution >= 4 is 34.6 Å². The Kier molecular flexibility index (Phi) is 8.87. The molecule has 4 rings (SSSR count). The molecule has 0 unspecified atom stereocenters. The first-order valence-electron chi connectivity index (χ1n) is 10.3. The number of ether oxygens (including phenoxy) is 3. The van der Waals surface area contributed by atoms with Gasteiger partial charge >= 0.3 is 11.9 Å². The number of hydrogen-bond donors (Lipinski definition) is 1. The molecule has 0 aliphatic carbocycles. The average Bonchev–Trinajstić information content (AvgIpc) is 3.46. The minimum absolute atomic E-state index is 0.211. The van der Waals surface area contributed by atoms with Crippen molar-refractivity contribution < 1.29 is 28.9 Å². The first kappa shape index (κ1) is 22.9. The first-order valence-corrected chi connectivity index (χ1v) is 12.1.